The minimum atomic E-state index is -4.31. The lowest BCUT2D eigenvalue weighted by molar-refractivity contribution is -0.0878. The first-order chi connectivity index (χ1) is 6.34. The summed E-state index contributed by atoms with van der Waals surface area (Å²) in [5, 5.41) is 0. The van der Waals surface area contributed by atoms with Gasteiger partial charge in [0, 0.05) is 5.57 Å². The van der Waals surface area contributed by atoms with Crippen LogP contribution in [0.3, 0.4) is 0 Å². The number of halogens is 3. The van der Waals surface area contributed by atoms with Crippen LogP contribution in [-0.2, 0) is 0 Å². The summed E-state index contributed by atoms with van der Waals surface area (Å²) in [6.45, 7) is 10.5. The van der Waals surface area contributed by atoms with E-state index in [-0.39, 0.29) is 0 Å². The fourth-order valence-electron chi connectivity index (χ4n) is 0.451. The fraction of sp³-hybridized carbons (Fsp3) is 0.455. The molecule has 0 N–H and O–H groups in total. The highest BCUT2D eigenvalue weighted by Crippen LogP contribution is 2.24. The predicted molar refractivity (Wildman–Crippen MR) is 55.1 cm³/mol. The van der Waals surface area contributed by atoms with E-state index in [9.17, 15) is 13.2 Å². The van der Waals surface area contributed by atoms with Gasteiger partial charge < -0.3 is 0 Å². The third-order valence-corrected chi connectivity index (χ3v) is 1.09. The SMILES string of the molecule is C=C(/C=C\C=C(C)C)C(F)(F)F.CC. The Labute approximate surface area is 83.8 Å². The normalized spacial score (nSPS) is 10.5. The number of allylic oxidation sites excluding steroid dienone is 5. The van der Waals surface area contributed by atoms with E-state index in [1.54, 1.807) is 19.9 Å². The maximum Gasteiger partial charge on any atom is 0.415 e. The Hall–Kier alpha value is -0.990. The van der Waals surface area contributed by atoms with Gasteiger partial charge in [0.1, 0.15) is 0 Å². The molecule has 0 atom stereocenters. The summed E-state index contributed by atoms with van der Waals surface area (Å²) < 4.78 is 35.4. The highest BCUT2D eigenvalue weighted by Gasteiger charge is 2.29. The summed E-state index contributed by atoms with van der Waals surface area (Å²) >= 11 is 0. The van der Waals surface area contributed by atoms with Crippen molar-refractivity contribution in [1.29, 1.82) is 0 Å². The summed E-state index contributed by atoms with van der Waals surface area (Å²) in [5.74, 6) is 0. The molecule has 0 saturated heterocycles. The van der Waals surface area contributed by atoms with Gasteiger partial charge in [-0.05, 0) is 13.8 Å². The van der Waals surface area contributed by atoms with Crippen LogP contribution in [0.4, 0.5) is 13.2 Å². The molecule has 0 aromatic rings. The first kappa shape index (κ1) is 15.5. The highest BCUT2D eigenvalue weighted by atomic mass is 19.4. The van der Waals surface area contributed by atoms with Gasteiger partial charge in [-0.15, -0.1) is 0 Å². The van der Waals surface area contributed by atoms with Crippen LogP contribution >= 0.6 is 0 Å². The zero-order valence-corrected chi connectivity index (χ0v) is 9.07. The van der Waals surface area contributed by atoms with Gasteiger partial charge in [-0.2, -0.15) is 13.2 Å². The van der Waals surface area contributed by atoms with Crippen LogP contribution in [0.5, 0.6) is 0 Å². The standard InChI is InChI=1S/C9H11F3.C2H6/c1-7(2)5-4-6-8(3)9(10,11)12;1-2/h4-6H,3H2,1-2H3;1-2H3/b6-4-;. The molecule has 0 aliphatic carbocycles. The molecule has 0 spiro atoms. The van der Waals surface area contributed by atoms with Crippen molar-refractivity contribution in [2.75, 3.05) is 0 Å². The average molecular weight is 206 g/mol. The van der Waals surface area contributed by atoms with Crippen molar-refractivity contribution >= 4 is 0 Å². The Morgan fingerprint density at radius 1 is 1.14 bits per heavy atom. The molecule has 3 heteroatoms. The summed E-state index contributed by atoms with van der Waals surface area (Å²) in [7, 11) is 0. The molecule has 0 aromatic heterocycles. The van der Waals surface area contributed by atoms with E-state index in [0.29, 0.717) is 0 Å². The van der Waals surface area contributed by atoms with Gasteiger partial charge in [0.25, 0.3) is 0 Å². The Bertz CT molecular complexity index is 215. The van der Waals surface area contributed by atoms with Crippen molar-refractivity contribution in [3.8, 4) is 0 Å². The molecule has 0 bridgehead atoms. The minimum Gasteiger partial charge on any atom is -0.166 e. The Morgan fingerprint density at radius 2 is 1.57 bits per heavy atom. The number of alkyl halides is 3. The molecule has 0 fully saturated rings. The van der Waals surface area contributed by atoms with E-state index in [2.05, 4.69) is 6.58 Å². The third kappa shape index (κ3) is 9.10. The number of hydrogen-bond donors (Lipinski definition) is 0. The van der Waals surface area contributed by atoms with Gasteiger partial charge in [0.05, 0.1) is 0 Å². The molecule has 0 unspecified atom stereocenters. The maximum absolute atomic E-state index is 11.8. The molecule has 0 heterocycles. The first-order valence-corrected chi connectivity index (χ1v) is 4.41. The Kier molecular flexibility index (Phi) is 8.20. The van der Waals surface area contributed by atoms with Crippen LogP contribution < -0.4 is 0 Å². The first-order valence-electron chi connectivity index (χ1n) is 4.41. The molecule has 82 valence electrons. The predicted octanol–water partition coefficient (Wildman–Crippen LogP) is 4.65. The van der Waals surface area contributed by atoms with E-state index in [0.717, 1.165) is 11.6 Å². The molecule has 0 amide bonds. The summed E-state index contributed by atoms with van der Waals surface area (Å²) in [4.78, 5) is 0. The van der Waals surface area contributed by atoms with Gasteiger partial charge >= 0.3 is 6.18 Å². The smallest absolute Gasteiger partial charge is 0.166 e. The Balaban J connectivity index is 0. The number of hydrogen-bond acceptors (Lipinski definition) is 0. The monoisotopic (exact) mass is 206 g/mol. The highest BCUT2D eigenvalue weighted by molar-refractivity contribution is 5.24. The molecular weight excluding hydrogens is 189 g/mol. The zero-order valence-electron chi connectivity index (χ0n) is 9.07. The molecule has 0 rings (SSSR count). The van der Waals surface area contributed by atoms with E-state index in [1.807, 2.05) is 13.8 Å². The van der Waals surface area contributed by atoms with Crippen LogP contribution in [0, 0.1) is 0 Å². The van der Waals surface area contributed by atoms with E-state index >= 15 is 0 Å². The van der Waals surface area contributed by atoms with E-state index in [4.69, 9.17) is 0 Å². The van der Waals surface area contributed by atoms with Gasteiger partial charge in [0.15, 0.2) is 0 Å². The van der Waals surface area contributed by atoms with Crippen molar-refractivity contribution in [1.82, 2.24) is 0 Å². The van der Waals surface area contributed by atoms with Gasteiger partial charge in [-0.3, -0.25) is 0 Å². The molecule has 0 aromatic carbocycles. The largest absolute Gasteiger partial charge is 0.415 e. The summed E-state index contributed by atoms with van der Waals surface area (Å²) in [5.41, 5.74) is 0.112. The van der Waals surface area contributed by atoms with Gasteiger partial charge in [-0.1, -0.05) is 44.2 Å². The van der Waals surface area contributed by atoms with Crippen LogP contribution in [0.25, 0.3) is 0 Å². The zero-order chi connectivity index (χ0) is 11.8. The van der Waals surface area contributed by atoms with Gasteiger partial charge in [-0.25, -0.2) is 0 Å². The maximum atomic E-state index is 11.8. The van der Waals surface area contributed by atoms with Crippen LogP contribution in [0.15, 0.2) is 36.0 Å². The van der Waals surface area contributed by atoms with Crippen LogP contribution in [0.1, 0.15) is 27.7 Å². The van der Waals surface area contributed by atoms with Crippen LogP contribution in [-0.4, -0.2) is 6.18 Å². The second-order valence-electron chi connectivity index (χ2n) is 2.63. The lowest BCUT2D eigenvalue weighted by Crippen LogP contribution is -2.08. The fourth-order valence-corrected chi connectivity index (χ4v) is 0.451. The molecule has 0 saturated carbocycles. The molecule has 0 aliphatic rings. The van der Waals surface area contributed by atoms with Crippen molar-refractivity contribution in [2.24, 2.45) is 0 Å². The second kappa shape index (κ2) is 7.42. The topological polar surface area (TPSA) is 0 Å². The quantitative estimate of drug-likeness (QED) is 0.577. The molecular formula is C11H17F3. The van der Waals surface area contributed by atoms with Crippen molar-refractivity contribution < 1.29 is 13.2 Å². The van der Waals surface area contributed by atoms with Crippen molar-refractivity contribution in [3.63, 3.8) is 0 Å². The van der Waals surface area contributed by atoms with Crippen LogP contribution in [0.2, 0.25) is 0 Å². The van der Waals surface area contributed by atoms with Gasteiger partial charge in [0.2, 0.25) is 0 Å². The lowest BCUT2D eigenvalue weighted by atomic mass is 10.2. The summed E-state index contributed by atoms with van der Waals surface area (Å²) in [6, 6.07) is 0. The second-order valence-corrected chi connectivity index (χ2v) is 2.63. The molecule has 0 nitrogen and oxygen atoms in total. The molecule has 14 heavy (non-hydrogen) atoms. The Morgan fingerprint density at radius 3 is 1.86 bits per heavy atom. The summed E-state index contributed by atoms with van der Waals surface area (Å²) in [6.07, 6.45) is -0.430. The molecule has 0 aliphatic heterocycles. The number of rotatable bonds is 2. The van der Waals surface area contributed by atoms with Crippen molar-refractivity contribution in [2.45, 2.75) is 33.9 Å². The third-order valence-electron chi connectivity index (χ3n) is 1.09. The lowest BCUT2D eigenvalue weighted by Gasteiger charge is -2.03. The molecule has 0 radical (unpaired) electrons. The minimum absolute atomic E-state index is 0.833. The van der Waals surface area contributed by atoms with Crippen molar-refractivity contribution in [3.05, 3.63) is 36.0 Å². The van der Waals surface area contributed by atoms with E-state index in [1.165, 1.54) is 6.08 Å². The average Bonchev–Trinajstić information content (AvgIpc) is 2.05. The van der Waals surface area contributed by atoms with E-state index < -0.39 is 11.7 Å².